The van der Waals surface area contributed by atoms with E-state index in [1.165, 1.54) is 0 Å². The molecule has 2 radical (unpaired) electrons. The highest BCUT2D eigenvalue weighted by Crippen LogP contribution is 1.97. The maximum absolute atomic E-state index is 5.58. The van der Waals surface area contributed by atoms with Crippen molar-refractivity contribution >= 4 is 7.85 Å². The van der Waals surface area contributed by atoms with Crippen LogP contribution in [0.4, 0.5) is 0 Å². The van der Waals surface area contributed by atoms with Gasteiger partial charge in [-0.05, 0) is 13.0 Å². The van der Waals surface area contributed by atoms with E-state index in [0.717, 1.165) is 13.2 Å². The van der Waals surface area contributed by atoms with Crippen molar-refractivity contribution in [2.75, 3.05) is 26.8 Å². The quantitative estimate of drug-likeness (QED) is 0.388. The van der Waals surface area contributed by atoms with Gasteiger partial charge in [-0.25, -0.2) is 0 Å². The topological polar surface area (TPSA) is 12.5 Å². The Morgan fingerprint density at radius 1 is 1.75 bits per heavy atom. The van der Waals surface area contributed by atoms with E-state index in [-0.39, 0.29) is 5.94 Å². The Labute approximate surface area is 51.2 Å². The summed E-state index contributed by atoms with van der Waals surface area (Å²) in [6.45, 7) is 2.46. The number of hydrogen-bond donors (Lipinski definition) is 0. The molecule has 0 amide bonds. The molecule has 1 atom stereocenters. The van der Waals surface area contributed by atoms with Crippen LogP contribution in [0.15, 0.2) is 0 Å². The van der Waals surface area contributed by atoms with Gasteiger partial charge in [0.25, 0.3) is 0 Å². The first-order valence-electron chi connectivity index (χ1n) is 2.84. The fourth-order valence-corrected chi connectivity index (χ4v) is 0.706. The van der Waals surface area contributed by atoms with Gasteiger partial charge in [0, 0.05) is 6.54 Å². The number of hydrogen-bond acceptors (Lipinski definition) is 2. The van der Waals surface area contributed by atoms with Crippen LogP contribution in [0, 0.1) is 0 Å². The molecule has 1 saturated heterocycles. The molecule has 0 N–H and O–H groups in total. The number of rotatable bonds is 0. The SMILES string of the molecule is [B]C1COCCN1C. The highest BCUT2D eigenvalue weighted by molar-refractivity contribution is 6.11. The molecule has 1 unspecified atom stereocenters. The van der Waals surface area contributed by atoms with Gasteiger partial charge in [0.2, 0.25) is 0 Å². The lowest BCUT2D eigenvalue weighted by Crippen LogP contribution is -2.42. The molecule has 1 heterocycles. The molecule has 1 fully saturated rings. The van der Waals surface area contributed by atoms with Crippen LogP contribution in [-0.4, -0.2) is 45.5 Å². The largest absolute Gasteiger partial charge is 0.379 e. The Hall–Kier alpha value is -0.0151. The second kappa shape index (κ2) is 2.51. The van der Waals surface area contributed by atoms with Crippen LogP contribution < -0.4 is 0 Å². The molecule has 0 aromatic rings. The van der Waals surface area contributed by atoms with Crippen molar-refractivity contribution in [3.8, 4) is 0 Å². The van der Waals surface area contributed by atoms with Crippen LogP contribution in [0.3, 0.4) is 0 Å². The van der Waals surface area contributed by atoms with Crippen LogP contribution in [-0.2, 0) is 4.74 Å². The lowest BCUT2D eigenvalue weighted by atomic mass is 9.95. The van der Waals surface area contributed by atoms with Crippen LogP contribution in [0.2, 0.25) is 0 Å². The molecule has 0 spiro atoms. The second-order valence-corrected chi connectivity index (χ2v) is 2.12. The number of likely N-dealkylation sites (N-methyl/N-ethyl adjacent to an activating group) is 1. The smallest absolute Gasteiger partial charge is 0.0942 e. The Morgan fingerprint density at radius 2 is 2.50 bits per heavy atom. The van der Waals surface area contributed by atoms with Crippen LogP contribution in [0.1, 0.15) is 0 Å². The van der Waals surface area contributed by atoms with Gasteiger partial charge in [-0.2, -0.15) is 0 Å². The van der Waals surface area contributed by atoms with Crippen molar-refractivity contribution in [3.63, 3.8) is 0 Å². The first-order valence-corrected chi connectivity index (χ1v) is 2.84. The zero-order valence-corrected chi connectivity index (χ0v) is 5.13. The summed E-state index contributed by atoms with van der Waals surface area (Å²) in [6, 6.07) is 0. The van der Waals surface area contributed by atoms with Gasteiger partial charge in [-0.3, -0.25) is 0 Å². The predicted octanol–water partition coefficient (Wildman–Crippen LogP) is -0.557. The van der Waals surface area contributed by atoms with E-state index in [1.807, 2.05) is 7.05 Å². The van der Waals surface area contributed by atoms with Gasteiger partial charge < -0.3 is 9.64 Å². The minimum Gasteiger partial charge on any atom is -0.379 e. The predicted molar refractivity (Wildman–Crippen MR) is 33.0 cm³/mol. The summed E-state index contributed by atoms with van der Waals surface area (Å²) in [5, 5.41) is 0. The fraction of sp³-hybridized carbons (Fsp3) is 1.00. The zero-order valence-electron chi connectivity index (χ0n) is 5.13. The Morgan fingerprint density at radius 3 is 2.88 bits per heavy atom. The van der Waals surface area contributed by atoms with E-state index in [0.29, 0.717) is 6.61 Å². The van der Waals surface area contributed by atoms with Gasteiger partial charge in [-0.1, -0.05) is 0 Å². The van der Waals surface area contributed by atoms with Crippen molar-refractivity contribution in [1.29, 1.82) is 0 Å². The Balaban J connectivity index is 2.28. The minimum absolute atomic E-state index is 0.115. The summed E-state index contributed by atoms with van der Waals surface area (Å²) in [5.41, 5.74) is 0. The summed E-state index contributed by atoms with van der Waals surface area (Å²) in [5.74, 6) is 0.115. The van der Waals surface area contributed by atoms with Crippen molar-refractivity contribution in [2.45, 2.75) is 5.94 Å². The van der Waals surface area contributed by atoms with Crippen LogP contribution >= 0.6 is 0 Å². The summed E-state index contributed by atoms with van der Waals surface area (Å²) in [6.07, 6.45) is 0. The Kier molecular flexibility index (Phi) is 1.92. The lowest BCUT2D eigenvalue weighted by molar-refractivity contribution is 0.0348. The molecule has 1 aliphatic heterocycles. The van der Waals surface area contributed by atoms with Crippen molar-refractivity contribution in [1.82, 2.24) is 4.90 Å². The van der Waals surface area contributed by atoms with E-state index < -0.39 is 0 Å². The average Bonchev–Trinajstić information content (AvgIpc) is 1.77. The molecule has 0 saturated carbocycles. The van der Waals surface area contributed by atoms with E-state index in [1.54, 1.807) is 0 Å². The molecule has 0 aromatic heterocycles. The molecule has 1 rings (SSSR count). The van der Waals surface area contributed by atoms with Crippen LogP contribution in [0.5, 0.6) is 0 Å². The molecule has 3 heteroatoms. The zero-order chi connectivity index (χ0) is 5.98. The molecule has 44 valence electrons. The van der Waals surface area contributed by atoms with Gasteiger partial charge >= 0.3 is 0 Å². The van der Waals surface area contributed by atoms with Crippen molar-refractivity contribution in [3.05, 3.63) is 0 Å². The molecule has 0 aliphatic carbocycles. The van der Waals surface area contributed by atoms with Gasteiger partial charge in [0.15, 0.2) is 0 Å². The first kappa shape index (κ1) is 6.11. The van der Waals surface area contributed by atoms with E-state index >= 15 is 0 Å². The van der Waals surface area contributed by atoms with Crippen molar-refractivity contribution in [2.24, 2.45) is 0 Å². The lowest BCUT2D eigenvalue weighted by Gasteiger charge is -2.29. The van der Waals surface area contributed by atoms with Crippen molar-refractivity contribution < 1.29 is 4.74 Å². The van der Waals surface area contributed by atoms with E-state index in [4.69, 9.17) is 12.6 Å². The molecule has 8 heavy (non-hydrogen) atoms. The number of ether oxygens (including phenoxy) is 1. The highest BCUT2D eigenvalue weighted by atomic mass is 16.5. The minimum atomic E-state index is 0.115. The molecular weight excluding hydrogens is 101 g/mol. The molecule has 1 aliphatic rings. The van der Waals surface area contributed by atoms with E-state index in [2.05, 4.69) is 4.90 Å². The summed E-state index contributed by atoms with van der Waals surface area (Å²) >= 11 is 0. The number of nitrogens with zero attached hydrogens (tertiary/aromatic N) is 1. The maximum Gasteiger partial charge on any atom is 0.0942 e. The van der Waals surface area contributed by atoms with Gasteiger partial charge in [0.05, 0.1) is 21.1 Å². The third-order valence-electron chi connectivity index (χ3n) is 1.44. The average molecular weight is 111 g/mol. The van der Waals surface area contributed by atoms with Gasteiger partial charge in [-0.15, -0.1) is 0 Å². The summed E-state index contributed by atoms with van der Waals surface area (Å²) in [7, 11) is 7.59. The molecule has 0 bridgehead atoms. The number of morpholine rings is 1. The Bertz CT molecular complexity index is 68.8. The fourth-order valence-electron chi connectivity index (χ4n) is 0.706. The van der Waals surface area contributed by atoms with Crippen LogP contribution in [0.25, 0.3) is 0 Å². The standard InChI is InChI=1S/C5H10BNO/c1-7-2-3-8-4-5(7)6/h5H,2-4H2,1H3. The highest BCUT2D eigenvalue weighted by Gasteiger charge is 2.12. The third kappa shape index (κ3) is 1.23. The van der Waals surface area contributed by atoms with Gasteiger partial charge in [0.1, 0.15) is 0 Å². The molecule has 2 nitrogen and oxygen atoms in total. The molecular formula is C5H10BNO. The molecule has 0 aromatic carbocycles. The van der Waals surface area contributed by atoms with E-state index in [9.17, 15) is 0 Å². The third-order valence-corrected chi connectivity index (χ3v) is 1.44. The summed E-state index contributed by atoms with van der Waals surface area (Å²) in [4.78, 5) is 2.09. The normalized spacial score (nSPS) is 32.9. The second-order valence-electron chi connectivity index (χ2n) is 2.12. The monoisotopic (exact) mass is 111 g/mol. The first-order chi connectivity index (χ1) is 3.80. The summed E-state index contributed by atoms with van der Waals surface area (Å²) < 4.78 is 5.09. The maximum atomic E-state index is 5.58.